The molecule has 3 heterocycles. The Balaban J connectivity index is 1.47. The Morgan fingerprint density at radius 2 is 1.89 bits per heavy atom. The Hall–Kier alpha value is -1.67. The van der Waals surface area contributed by atoms with Gasteiger partial charge in [-0.2, -0.15) is 5.10 Å². The molecule has 1 aliphatic carbocycles. The smallest absolute Gasteiger partial charge is 0.186 e. The van der Waals surface area contributed by atoms with E-state index in [1.165, 1.54) is 6.33 Å². The number of benzene rings is 1. The molecule has 6 unspecified atom stereocenters. The Bertz CT molecular complexity index is 1010. The molecular weight excluding hydrogens is 494 g/mol. The van der Waals surface area contributed by atoms with E-state index in [1.807, 2.05) is 31.2 Å². The van der Waals surface area contributed by atoms with Gasteiger partial charge in [0.25, 0.3) is 0 Å². The number of aromatic nitrogens is 3. The molecule has 0 bridgehead atoms. The molecule has 3 aliphatic rings. The van der Waals surface area contributed by atoms with Crippen molar-refractivity contribution >= 4 is 11.6 Å². The van der Waals surface area contributed by atoms with E-state index in [4.69, 9.17) is 25.8 Å². The minimum absolute atomic E-state index is 0.123. The van der Waals surface area contributed by atoms with Gasteiger partial charge in [0, 0.05) is 16.9 Å². The SMILES string of the molecule is CC1C(O)OC2(Cn3cncn3)C(Cc3ccc(Cl)cc3)CC(O[C@H]3O[C@H](CO)[C@@H](O)[C@H](O)[C@H]3O)C12. The zero-order chi connectivity index (χ0) is 25.6. The van der Waals surface area contributed by atoms with Crippen LogP contribution in [-0.4, -0.2) is 95.6 Å². The fraction of sp³-hybridized carbons (Fsp3) is 0.667. The molecule has 3 fully saturated rings. The summed E-state index contributed by atoms with van der Waals surface area (Å²) in [5.74, 6) is -0.762. The molecular formula is C24H32ClN3O8. The molecule has 36 heavy (non-hydrogen) atoms. The number of halogens is 1. The van der Waals surface area contributed by atoms with Crippen LogP contribution >= 0.6 is 11.6 Å². The van der Waals surface area contributed by atoms with Crippen LogP contribution < -0.4 is 0 Å². The summed E-state index contributed by atoms with van der Waals surface area (Å²) in [6.07, 6.45) is -4.34. The van der Waals surface area contributed by atoms with Crippen molar-refractivity contribution in [2.75, 3.05) is 6.61 Å². The maximum absolute atomic E-state index is 10.8. The monoisotopic (exact) mass is 525 g/mol. The van der Waals surface area contributed by atoms with Crippen molar-refractivity contribution in [2.24, 2.45) is 17.8 Å². The van der Waals surface area contributed by atoms with Crippen LogP contribution in [-0.2, 0) is 27.2 Å². The van der Waals surface area contributed by atoms with Gasteiger partial charge in [-0.15, -0.1) is 0 Å². The highest BCUT2D eigenvalue weighted by Gasteiger charge is 2.65. The van der Waals surface area contributed by atoms with Crippen molar-refractivity contribution in [3.05, 3.63) is 47.5 Å². The predicted molar refractivity (Wildman–Crippen MR) is 124 cm³/mol. The summed E-state index contributed by atoms with van der Waals surface area (Å²) in [5, 5.41) is 56.3. The highest BCUT2D eigenvalue weighted by atomic mass is 35.5. The van der Waals surface area contributed by atoms with Crippen LogP contribution in [0.25, 0.3) is 0 Å². The second kappa shape index (κ2) is 10.2. The van der Waals surface area contributed by atoms with Crippen LogP contribution in [0.2, 0.25) is 5.02 Å². The third kappa shape index (κ3) is 4.57. The Morgan fingerprint density at radius 3 is 2.56 bits per heavy atom. The maximum atomic E-state index is 10.8. The van der Waals surface area contributed by atoms with Gasteiger partial charge in [0.15, 0.2) is 12.6 Å². The molecule has 0 radical (unpaired) electrons. The second-order valence-corrected chi connectivity index (χ2v) is 10.5. The van der Waals surface area contributed by atoms with E-state index in [1.54, 1.807) is 11.0 Å². The summed E-state index contributed by atoms with van der Waals surface area (Å²) in [6, 6.07) is 7.53. The van der Waals surface area contributed by atoms with E-state index in [0.29, 0.717) is 24.4 Å². The zero-order valence-corrected chi connectivity index (χ0v) is 20.5. The number of hydrogen-bond acceptors (Lipinski definition) is 10. The highest BCUT2D eigenvalue weighted by Crippen LogP contribution is 2.56. The molecule has 1 saturated carbocycles. The molecule has 5 N–H and O–H groups in total. The first kappa shape index (κ1) is 26.0. The predicted octanol–water partition coefficient (Wildman–Crippen LogP) is -0.281. The van der Waals surface area contributed by atoms with Crippen molar-refractivity contribution in [2.45, 2.75) is 75.0 Å². The van der Waals surface area contributed by atoms with Crippen LogP contribution in [0.5, 0.6) is 0 Å². The van der Waals surface area contributed by atoms with Gasteiger partial charge < -0.3 is 39.7 Å². The number of hydrogen-bond donors (Lipinski definition) is 5. The molecule has 5 rings (SSSR count). The molecule has 0 amide bonds. The second-order valence-electron chi connectivity index (χ2n) is 10.1. The van der Waals surface area contributed by atoms with Crippen molar-refractivity contribution in [3.63, 3.8) is 0 Å². The highest BCUT2D eigenvalue weighted by molar-refractivity contribution is 6.30. The van der Waals surface area contributed by atoms with Gasteiger partial charge in [-0.1, -0.05) is 30.7 Å². The molecule has 2 saturated heterocycles. The van der Waals surface area contributed by atoms with E-state index < -0.39 is 55.3 Å². The Kier molecular flexibility index (Phi) is 7.38. The summed E-state index contributed by atoms with van der Waals surface area (Å²) in [4.78, 5) is 4.05. The van der Waals surface area contributed by atoms with Crippen molar-refractivity contribution in [1.82, 2.24) is 14.8 Å². The van der Waals surface area contributed by atoms with E-state index >= 15 is 0 Å². The molecule has 0 spiro atoms. The van der Waals surface area contributed by atoms with Gasteiger partial charge in [-0.05, 0) is 36.5 Å². The Labute approximate surface area is 213 Å². The minimum Gasteiger partial charge on any atom is -0.394 e. The number of ether oxygens (including phenoxy) is 3. The first-order valence-electron chi connectivity index (χ1n) is 12.1. The van der Waals surface area contributed by atoms with Gasteiger partial charge in [0.2, 0.25) is 0 Å². The lowest BCUT2D eigenvalue weighted by Crippen LogP contribution is -2.60. The first-order chi connectivity index (χ1) is 17.2. The molecule has 11 nitrogen and oxygen atoms in total. The van der Waals surface area contributed by atoms with Gasteiger partial charge in [-0.3, -0.25) is 4.68 Å². The topological polar surface area (TPSA) is 160 Å². The van der Waals surface area contributed by atoms with Crippen molar-refractivity contribution in [3.8, 4) is 0 Å². The summed E-state index contributed by atoms with van der Waals surface area (Å²) < 4.78 is 19.9. The number of aliphatic hydroxyl groups excluding tert-OH is 5. The average Bonchev–Trinajstić information content (AvgIpc) is 3.53. The number of aliphatic hydroxyl groups is 5. The molecule has 2 aromatic rings. The summed E-state index contributed by atoms with van der Waals surface area (Å²) >= 11 is 6.08. The summed E-state index contributed by atoms with van der Waals surface area (Å²) in [7, 11) is 0. The molecule has 1 aromatic heterocycles. The van der Waals surface area contributed by atoms with Crippen LogP contribution in [0.4, 0.5) is 0 Å². The van der Waals surface area contributed by atoms with E-state index in [0.717, 1.165) is 5.56 Å². The number of fused-ring (bicyclic) bond motifs is 1. The van der Waals surface area contributed by atoms with Gasteiger partial charge >= 0.3 is 0 Å². The minimum atomic E-state index is -1.55. The van der Waals surface area contributed by atoms with Crippen molar-refractivity contribution in [1.29, 1.82) is 0 Å². The summed E-state index contributed by atoms with van der Waals surface area (Å²) in [6.45, 7) is 1.66. The van der Waals surface area contributed by atoms with Gasteiger partial charge in [0.1, 0.15) is 37.1 Å². The lowest BCUT2D eigenvalue weighted by atomic mass is 9.77. The van der Waals surface area contributed by atoms with E-state index in [9.17, 15) is 25.5 Å². The molecule has 2 aliphatic heterocycles. The summed E-state index contributed by atoms with van der Waals surface area (Å²) in [5.41, 5.74) is 0.164. The molecule has 198 valence electrons. The Morgan fingerprint density at radius 1 is 1.14 bits per heavy atom. The van der Waals surface area contributed by atoms with E-state index in [2.05, 4.69) is 10.1 Å². The van der Waals surface area contributed by atoms with Gasteiger partial charge in [-0.25, -0.2) is 4.98 Å². The first-order valence-corrected chi connectivity index (χ1v) is 12.5. The van der Waals surface area contributed by atoms with Crippen LogP contribution in [0.15, 0.2) is 36.9 Å². The lowest BCUT2D eigenvalue weighted by molar-refractivity contribution is -0.315. The van der Waals surface area contributed by atoms with Crippen LogP contribution in [0.1, 0.15) is 18.9 Å². The van der Waals surface area contributed by atoms with Gasteiger partial charge in [0.05, 0.1) is 24.9 Å². The van der Waals surface area contributed by atoms with Crippen LogP contribution in [0, 0.1) is 17.8 Å². The molecule has 11 atom stereocenters. The number of nitrogens with zero attached hydrogens (tertiary/aromatic N) is 3. The lowest BCUT2D eigenvalue weighted by Gasteiger charge is -2.41. The molecule has 1 aromatic carbocycles. The fourth-order valence-corrected chi connectivity index (χ4v) is 6.30. The van der Waals surface area contributed by atoms with E-state index in [-0.39, 0.29) is 17.8 Å². The number of rotatable bonds is 7. The third-order valence-electron chi connectivity index (χ3n) is 7.96. The normalized spacial score (nSPS) is 42.5. The van der Waals surface area contributed by atoms with Crippen LogP contribution in [0.3, 0.4) is 0 Å². The fourth-order valence-electron chi connectivity index (χ4n) is 6.17. The van der Waals surface area contributed by atoms with Crippen molar-refractivity contribution < 1.29 is 39.7 Å². The standard InChI is InChI=1S/C24H32ClN3O8/c1-12-18-16(34-23-21(32)20(31)19(30)17(8-29)35-23)7-14(6-13-2-4-15(25)5-3-13)24(18,36-22(12)33)9-28-11-26-10-27-28/h2-5,10-12,14,16-23,29-33H,6-9H2,1H3/t12?,14?,16?,17-,18?,19-,20+,21-,22?,23+,24?/m1/s1. The zero-order valence-electron chi connectivity index (χ0n) is 19.7. The average molecular weight is 526 g/mol. The quantitative estimate of drug-likeness (QED) is 0.325. The molecule has 12 heteroatoms. The maximum Gasteiger partial charge on any atom is 0.186 e. The largest absolute Gasteiger partial charge is 0.394 e. The third-order valence-corrected chi connectivity index (χ3v) is 8.21.